The van der Waals surface area contributed by atoms with Crippen LogP contribution in [-0.2, 0) is 16.0 Å². The van der Waals surface area contributed by atoms with Crippen molar-refractivity contribution in [1.29, 1.82) is 0 Å². The number of nitrogens with zero attached hydrogens (tertiary/aromatic N) is 1. The number of likely N-dealkylation sites (tertiary alicyclic amines) is 1. The SMILES string of the molecule is C[C@@H]1CCC[N+]1(C[C@@H](O)[C@H](Cc1ccccc1)NC(=O)[C@@H](N)CC(N)=O)C(=O)O. The Morgan fingerprint density at radius 1 is 1.28 bits per heavy atom. The van der Waals surface area contributed by atoms with Gasteiger partial charge in [0.25, 0.3) is 0 Å². The highest BCUT2D eigenvalue weighted by Gasteiger charge is 2.48. The highest BCUT2D eigenvalue weighted by molar-refractivity contribution is 5.87. The Labute approximate surface area is 170 Å². The summed E-state index contributed by atoms with van der Waals surface area (Å²) in [6.45, 7) is 2.27. The number of hydrogen-bond acceptors (Lipinski definition) is 5. The van der Waals surface area contributed by atoms with Gasteiger partial charge in [-0.2, -0.15) is 4.79 Å². The zero-order valence-electron chi connectivity index (χ0n) is 16.7. The summed E-state index contributed by atoms with van der Waals surface area (Å²) in [6, 6.07) is 7.22. The van der Waals surface area contributed by atoms with Gasteiger partial charge in [-0.05, 0) is 18.9 Å². The van der Waals surface area contributed by atoms with Crippen molar-refractivity contribution in [2.45, 2.75) is 56.8 Å². The second-order valence-electron chi connectivity index (χ2n) is 7.86. The molecule has 0 aromatic heterocycles. The van der Waals surface area contributed by atoms with Gasteiger partial charge < -0.3 is 27.0 Å². The summed E-state index contributed by atoms with van der Waals surface area (Å²) in [5.41, 5.74) is 11.7. The van der Waals surface area contributed by atoms with Crippen LogP contribution in [0.1, 0.15) is 31.7 Å². The minimum Gasteiger partial charge on any atom is -0.435 e. The van der Waals surface area contributed by atoms with Gasteiger partial charge in [0.2, 0.25) is 11.8 Å². The van der Waals surface area contributed by atoms with E-state index in [1.54, 1.807) is 0 Å². The number of nitrogens with two attached hydrogens (primary N) is 2. The smallest absolute Gasteiger partial charge is 0.435 e. The van der Waals surface area contributed by atoms with Gasteiger partial charge in [-0.3, -0.25) is 9.59 Å². The van der Waals surface area contributed by atoms with Gasteiger partial charge >= 0.3 is 6.09 Å². The molecule has 0 radical (unpaired) electrons. The monoisotopic (exact) mass is 407 g/mol. The fourth-order valence-electron chi connectivity index (χ4n) is 3.98. The molecule has 1 aliphatic heterocycles. The minimum atomic E-state index is -1.13. The Hall–Kier alpha value is -2.49. The lowest BCUT2D eigenvalue weighted by Crippen LogP contribution is -2.62. The fourth-order valence-corrected chi connectivity index (χ4v) is 3.98. The third kappa shape index (κ3) is 5.75. The normalized spacial score (nSPS) is 24.4. The third-order valence-corrected chi connectivity index (χ3v) is 5.77. The van der Waals surface area contributed by atoms with Crippen molar-refractivity contribution in [3.63, 3.8) is 0 Å². The topological polar surface area (TPSA) is 156 Å². The van der Waals surface area contributed by atoms with Crippen LogP contribution < -0.4 is 16.8 Å². The van der Waals surface area contributed by atoms with E-state index < -0.39 is 36.1 Å². The number of aliphatic hydroxyl groups excluding tert-OH is 1. The van der Waals surface area contributed by atoms with E-state index in [1.165, 1.54) is 0 Å². The molecule has 1 saturated heterocycles. The summed E-state index contributed by atoms with van der Waals surface area (Å²) in [5.74, 6) is -1.31. The number of quaternary nitrogens is 1. The molecule has 9 heteroatoms. The molecular weight excluding hydrogens is 376 g/mol. The van der Waals surface area contributed by atoms with Gasteiger partial charge in [0.15, 0.2) is 0 Å². The number of aliphatic hydroxyl groups is 1. The summed E-state index contributed by atoms with van der Waals surface area (Å²) < 4.78 is -0.240. The van der Waals surface area contributed by atoms with Crippen LogP contribution in [-0.4, -0.2) is 69.9 Å². The zero-order valence-corrected chi connectivity index (χ0v) is 16.7. The van der Waals surface area contributed by atoms with Gasteiger partial charge in [0.1, 0.15) is 12.6 Å². The Morgan fingerprint density at radius 2 is 1.93 bits per heavy atom. The lowest BCUT2D eigenvalue weighted by molar-refractivity contribution is -0.870. The third-order valence-electron chi connectivity index (χ3n) is 5.77. The van der Waals surface area contributed by atoms with Gasteiger partial charge in [-0.25, -0.2) is 4.48 Å². The summed E-state index contributed by atoms with van der Waals surface area (Å²) in [5, 5.41) is 23.5. The van der Waals surface area contributed by atoms with Crippen molar-refractivity contribution in [1.82, 2.24) is 5.32 Å². The van der Waals surface area contributed by atoms with E-state index in [9.17, 15) is 24.6 Å². The van der Waals surface area contributed by atoms with Crippen LogP contribution in [0.15, 0.2) is 30.3 Å². The molecule has 5 atom stereocenters. The highest BCUT2D eigenvalue weighted by atomic mass is 16.4. The molecule has 0 aliphatic carbocycles. The van der Waals surface area contributed by atoms with E-state index in [2.05, 4.69) is 5.32 Å². The molecule has 1 aromatic carbocycles. The lowest BCUT2D eigenvalue weighted by atomic mass is 9.99. The molecule has 1 fully saturated rings. The maximum atomic E-state index is 12.4. The molecule has 2 rings (SSSR count). The van der Waals surface area contributed by atoms with Crippen LogP contribution in [0.2, 0.25) is 0 Å². The Bertz CT molecular complexity index is 729. The number of benzene rings is 1. The maximum absolute atomic E-state index is 12.4. The second kappa shape index (κ2) is 9.82. The number of nitrogens with one attached hydrogen (secondary N) is 1. The predicted octanol–water partition coefficient (Wildman–Crippen LogP) is -0.0454. The van der Waals surface area contributed by atoms with Gasteiger partial charge in [0.05, 0.1) is 31.1 Å². The van der Waals surface area contributed by atoms with E-state index in [0.717, 1.165) is 18.4 Å². The van der Waals surface area contributed by atoms with E-state index in [-0.39, 0.29) is 23.5 Å². The zero-order chi connectivity index (χ0) is 21.6. The molecule has 1 aliphatic rings. The van der Waals surface area contributed by atoms with Gasteiger partial charge in [-0.1, -0.05) is 30.3 Å². The molecule has 9 nitrogen and oxygen atoms in total. The van der Waals surface area contributed by atoms with Crippen LogP contribution in [0, 0.1) is 0 Å². The van der Waals surface area contributed by atoms with E-state index in [1.807, 2.05) is 37.3 Å². The molecule has 1 heterocycles. The second-order valence-corrected chi connectivity index (χ2v) is 7.86. The van der Waals surface area contributed by atoms with Crippen LogP contribution in [0.4, 0.5) is 4.79 Å². The molecule has 7 N–H and O–H groups in total. The molecule has 0 saturated carbocycles. The first-order valence-electron chi connectivity index (χ1n) is 9.82. The van der Waals surface area contributed by atoms with Gasteiger partial charge in [-0.15, -0.1) is 0 Å². The van der Waals surface area contributed by atoms with Crippen LogP contribution in [0.3, 0.4) is 0 Å². The Morgan fingerprint density at radius 3 is 2.45 bits per heavy atom. The molecule has 0 spiro atoms. The summed E-state index contributed by atoms with van der Waals surface area (Å²) in [6.07, 6.45) is -0.588. The number of carbonyl (C=O) groups is 3. The highest BCUT2D eigenvalue weighted by Crippen LogP contribution is 2.28. The molecule has 1 aromatic rings. The Kier molecular flexibility index (Phi) is 7.72. The first-order valence-corrected chi connectivity index (χ1v) is 9.82. The van der Waals surface area contributed by atoms with E-state index in [4.69, 9.17) is 11.5 Å². The van der Waals surface area contributed by atoms with Crippen molar-refractivity contribution in [2.75, 3.05) is 13.1 Å². The quantitative estimate of drug-likeness (QED) is 0.362. The van der Waals surface area contributed by atoms with Crippen molar-refractivity contribution in [2.24, 2.45) is 11.5 Å². The summed E-state index contributed by atoms with van der Waals surface area (Å²) in [4.78, 5) is 35.5. The summed E-state index contributed by atoms with van der Waals surface area (Å²) in [7, 11) is 0. The average Bonchev–Trinajstić information content (AvgIpc) is 3.02. The standard InChI is InChI=1S/C20H30N4O5/c1-13-6-5-9-24(13,20(28)29)12-17(25)16(10-14-7-3-2-4-8-14)23-19(27)15(21)11-18(22)26/h2-4,7-8,13,15-17,25H,5-6,9-12,21H2,1H3,(H3-,22,23,26,27,28,29)/p+1/t13-,15+,16+,17-,24?/m1/s1. The predicted molar refractivity (Wildman–Crippen MR) is 107 cm³/mol. The number of amides is 3. The van der Waals surface area contributed by atoms with E-state index in [0.29, 0.717) is 13.0 Å². The van der Waals surface area contributed by atoms with E-state index >= 15 is 0 Å². The summed E-state index contributed by atoms with van der Waals surface area (Å²) >= 11 is 0. The molecule has 1 unspecified atom stereocenters. The van der Waals surface area contributed by atoms with Crippen LogP contribution >= 0.6 is 0 Å². The number of hydrogen-bond donors (Lipinski definition) is 5. The first kappa shape index (κ1) is 22.8. The fraction of sp³-hybridized carbons (Fsp3) is 0.550. The molecule has 160 valence electrons. The molecule has 29 heavy (non-hydrogen) atoms. The number of primary amides is 1. The number of carboxylic acid groups (broad SMARTS) is 1. The van der Waals surface area contributed by atoms with Crippen molar-refractivity contribution >= 4 is 17.9 Å². The maximum Gasteiger partial charge on any atom is 0.513 e. The Balaban J connectivity index is 2.20. The van der Waals surface area contributed by atoms with Gasteiger partial charge in [0, 0.05) is 12.8 Å². The van der Waals surface area contributed by atoms with Crippen LogP contribution in [0.5, 0.6) is 0 Å². The van der Waals surface area contributed by atoms with Crippen molar-refractivity contribution < 1.29 is 29.1 Å². The molecule has 0 bridgehead atoms. The van der Waals surface area contributed by atoms with Crippen molar-refractivity contribution in [3.05, 3.63) is 35.9 Å². The molecular formula is C20H31N4O5+. The average molecular weight is 407 g/mol. The number of rotatable bonds is 9. The minimum absolute atomic E-state index is 0.0284. The van der Waals surface area contributed by atoms with Crippen molar-refractivity contribution in [3.8, 4) is 0 Å². The number of carbonyl (C=O) groups excluding carboxylic acids is 2. The lowest BCUT2D eigenvalue weighted by Gasteiger charge is -2.36. The van der Waals surface area contributed by atoms with Crippen LogP contribution in [0.25, 0.3) is 0 Å². The largest absolute Gasteiger partial charge is 0.513 e. The first-order chi connectivity index (χ1) is 13.7. The molecule has 3 amide bonds.